The van der Waals surface area contributed by atoms with Crippen LogP contribution < -0.4 is 5.32 Å². The van der Waals surface area contributed by atoms with E-state index in [2.05, 4.69) is 54.7 Å². The standard InChI is InChI=1S/C17H21N/c1-13-6-5-11-18-17(13)12-15-9-4-8-14-7-2-3-10-16(14)15/h2-4,7-10,13,17-18H,5-6,11-12H2,1H3. The number of hydrogen-bond donors (Lipinski definition) is 1. The van der Waals surface area contributed by atoms with E-state index in [9.17, 15) is 0 Å². The number of benzene rings is 2. The van der Waals surface area contributed by atoms with E-state index in [4.69, 9.17) is 0 Å². The summed E-state index contributed by atoms with van der Waals surface area (Å²) in [4.78, 5) is 0. The molecule has 2 aromatic carbocycles. The second-order valence-electron chi connectivity index (χ2n) is 5.52. The van der Waals surface area contributed by atoms with Gasteiger partial charge >= 0.3 is 0 Å². The van der Waals surface area contributed by atoms with Crippen molar-refractivity contribution in [3.63, 3.8) is 0 Å². The maximum Gasteiger partial charge on any atom is 0.0133 e. The maximum atomic E-state index is 3.68. The van der Waals surface area contributed by atoms with Crippen LogP contribution in [0.25, 0.3) is 10.8 Å². The molecule has 18 heavy (non-hydrogen) atoms. The van der Waals surface area contributed by atoms with Crippen LogP contribution in [0, 0.1) is 5.92 Å². The van der Waals surface area contributed by atoms with E-state index in [1.54, 1.807) is 0 Å². The lowest BCUT2D eigenvalue weighted by molar-refractivity contribution is 0.299. The SMILES string of the molecule is CC1CCCNC1Cc1cccc2ccccc12. The van der Waals surface area contributed by atoms with Crippen LogP contribution in [-0.2, 0) is 6.42 Å². The molecule has 0 radical (unpaired) electrons. The van der Waals surface area contributed by atoms with E-state index in [0.29, 0.717) is 6.04 Å². The van der Waals surface area contributed by atoms with Crippen molar-refractivity contribution in [2.45, 2.75) is 32.2 Å². The van der Waals surface area contributed by atoms with Crippen molar-refractivity contribution in [3.05, 3.63) is 48.0 Å². The van der Waals surface area contributed by atoms with Gasteiger partial charge in [-0.05, 0) is 48.1 Å². The zero-order valence-electron chi connectivity index (χ0n) is 11.0. The smallest absolute Gasteiger partial charge is 0.0133 e. The lowest BCUT2D eigenvalue weighted by Crippen LogP contribution is -2.41. The highest BCUT2D eigenvalue weighted by Gasteiger charge is 2.21. The van der Waals surface area contributed by atoms with E-state index < -0.39 is 0 Å². The van der Waals surface area contributed by atoms with Gasteiger partial charge in [-0.1, -0.05) is 49.4 Å². The Kier molecular flexibility index (Phi) is 3.33. The predicted octanol–water partition coefficient (Wildman–Crippen LogP) is 3.77. The molecule has 0 aromatic heterocycles. The molecule has 1 heteroatoms. The highest BCUT2D eigenvalue weighted by Crippen LogP contribution is 2.24. The number of piperidine rings is 1. The van der Waals surface area contributed by atoms with Crippen molar-refractivity contribution in [1.82, 2.24) is 5.32 Å². The minimum absolute atomic E-state index is 0.643. The van der Waals surface area contributed by atoms with Gasteiger partial charge in [0.2, 0.25) is 0 Å². The first-order valence-electron chi connectivity index (χ1n) is 7.04. The van der Waals surface area contributed by atoms with Gasteiger partial charge in [0.25, 0.3) is 0 Å². The molecule has 1 saturated heterocycles. The van der Waals surface area contributed by atoms with Crippen molar-refractivity contribution >= 4 is 10.8 Å². The first-order valence-corrected chi connectivity index (χ1v) is 7.04. The summed E-state index contributed by atoms with van der Waals surface area (Å²) in [5, 5.41) is 6.46. The molecule has 0 aliphatic carbocycles. The van der Waals surface area contributed by atoms with Gasteiger partial charge < -0.3 is 5.32 Å². The van der Waals surface area contributed by atoms with Crippen LogP contribution in [0.5, 0.6) is 0 Å². The van der Waals surface area contributed by atoms with E-state index in [1.807, 2.05) is 0 Å². The largest absolute Gasteiger partial charge is 0.313 e. The molecule has 1 aliphatic heterocycles. The molecule has 94 valence electrons. The van der Waals surface area contributed by atoms with Crippen LogP contribution in [0.1, 0.15) is 25.3 Å². The first kappa shape index (κ1) is 11.7. The van der Waals surface area contributed by atoms with Gasteiger partial charge in [-0.3, -0.25) is 0 Å². The Hall–Kier alpha value is -1.34. The summed E-state index contributed by atoms with van der Waals surface area (Å²) < 4.78 is 0. The van der Waals surface area contributed by atoms with Gasteiger partial charge in [0.1, 0.15) is 0 Å². The molecule has 1 fully saturated rings. The molecule has 2 atom stereocenters. The molecule has 2 aromatic rings. The third-order valence-corrected chi connectivity index (χ3v) is 4.25. The van der Waals surface area contributed by atoms with Crippen molar-refractivity contribution < 1.29 is 0 Å². The number of hydrogen-bond acceptors (Lipinski definition) is 1. The molecule has 1 nitrogen and oxygen atoms in total. The zero-order valence-corrected chi connectivity index (χ0v) is 11.0. The number of rotatable bonds is 2. The van der Waals surface area contributed by atoms with Crippen LogP contribution in [0.4, 0.5) is 0 Å². The lowest BCUT2D eigenvalue weighted by Gasteiger charge is -2.30. The van der Waals surface area contributed by atoms with Crippen molar-refractivity contribution in [2.75, 3.05) is 6.54 Å². The maximum absolute atomic E-state index is 3.68. The second-order valence-corrected chi connectivity index (χ2v) is 5.52. The third kappa shape index (κ3) is 2.28. The quantitative estimate of drug-likeness (QED) is 0.841. The molecule has 0 spiro atoms. The molecule has 1 N–H and O–H groups in total. The average Bonchev–Trinajstić information content (AvgIpc) is 2.42. The van der Waals surface area contributed by atoms with Gasteiger partial charge in [-0.25, -0.2) is 0 Å². The van der Waals surface area contributed by atoms with Gasteiger partial charge in [0, 0.05) is 6.04 Å². The summed E-state index contributed by atoms with van der Waals surface area (Å²) in [5.41, 5.74) is 1.49. The normalized spacial score (nSPS) is 24.3. The predicted molar refractivity (Wildman–Crippen MR) is 77.8 cm³/mol. The zero-order chi connectivity index (χ0) is 12.4. The minimum Gasteiger partial charge on any atom is -0.313 e. The Bertz CT molecular complexity index is 527. The molecular formula is C17H21N. The van der Waals surface area contributed by atoms with Crippen molar-refractivity contribution in [2.24, 2.45) is 5.92 Å². The fourth-order valence-electron chi connectivity index (χ4n) is 3.09. The van der Waals surface area contributed by atoms with E-state index >= 15 is 0 Å². The monoisotopic (exact) mass is 239 g/mol. The Morgan fingerprint density at radius 1 is 1.11 bits per heavy atom. The van der Waals surface area contributed by atoms with E-state index in [-0.39, 0.29) is 0 Å². The average molecular weight is 239 g/mol. The highest BCUT2D eigenvalue weighted by molar-refractivity contribution is 5.85. The van der Waals surface area contributed by atoms with Gasteiger partial charge in [0.15, 0.2) is 0 Å². The first-order chi connectivity index (χ1) is 8.84. The van der Waals surface area contributed by atoms with Crippen LogP contribution in [-0.4, -0.2) is 12.6 Å². The summed E-state index contributed by atoms with van der Waals surface area (Å²) in [6.07, 6.45) is 3.85. The van der Waals surface area contributed by atoms with Crippen molar-refractivity contribution in [3.8, 4) is 0 Å². The Morgan fingerprint density at radius 2 is 1.94 bits per heavy atom. The summed E-state index contributed by atoms with van der Waals surface area (Å²) in [6.45, 7) is 3.56. The summed E-state index contributed by atoms with van der Waals surface area (Å²) in [7, 11) is 0. The Labute approximate surface area is 109 Å². The molecule has 3 rings (SSSR count). The Balaban J connectivity index is 1.90. The fraction of sp³-hybridized carbons (Fsp3) is 0.412. The lowest BCUT2D eigenvalue weighted by atomic mass is 9.87. The number of nitrogens with one attached hydrogen (secondary N) is 1. The fourth-order valence-corrected chi connectivity index (χ4v) is 3.09. The van der Waals surface area contributed by atoms with Gasteiger partial charge in [-0.2, -0.15) is 0 Å². The number of fused-ring (bicyclic) bond motifs is 1. The van der Waals surface area contributed by atoms with Crippen LogP contribution in [0.3, 0.4) is 0 Å². The molecule has 2 unspecified atom stereocenters. The molecule has 0 bridgehead atoms. The van der Waals surface area contributed by atoms with Gasteiger partial charge in [-0.15, -0.1) is 0 Å². The van der Waals surface area contributed by atoms with Crippen LogP contribution in [0.2, 0.25) is 0 Å². The highest BCUT2D eigenvalue weighted by atomic mass is 14.9. The summed E-state index contributed by atoms with van der Waals surface area (Å²) >= 11 is 0. The van der Waals surface area contributed by atoms with E-state index in [0.717, 1.165) is 12.3 Å². The van der Waals surface area contributed by atoms with Crippen LogP contribution >= 0.6 is 0 Å². The molecule has 0 amide bonds. The Morgan fingerprint density at radius 3 is 2.83 bits per heavy atom. The molecule has 0 saturated carbocycles. The van der Waals surface area contributed by atoms with E-state index in [1.165, 1.54) is 35.7 Å². The summed E-state index contributed by atoms with van der Waals surface area (Å²) in [5.74, 6) is 0.790. The second kappa shape index (κ2) is 5.11. The third-order valence-electron chi connectivity index (χ3n) is 4.25. The molecule has 1 aliphatic rings. The van der Waals surface area contributed by atoms with Gasteiger partial charge in [0.05, 0.1) is 0 Å². The van der Waals surface area contributed by atoms with Crippen LogP contribution in [0.15, 0.2) is 42.5 Å². The van der Waals surface area contributed by atoms with Crippen molar-refractivity contribution in [1.29, 1.82) is 0 Å². The molecule has 1 heterocycles. The topological polar surface area (TPSA) is 12.0 Å². The molecular weight excluding hydrogens is 218 g/mol. The summed E-state index contributed by atoms with van der Waals surface area (Å²) in [6, 6.07) is 16.0. The minimum atomic E-state index is 0.643.